The maximum absolute atomic E-state index is 14.3. The van der Waals surface area contributed by atoms with E-state index in [1.54, 1.807) is 21.6 Å². The lowest BCUT2D eigenvalue weighted by Crippen LogP contribution is -2.37. The van der Waals surface area contributed by atoms with Crippen LogP contribution in [0.1, 0.15) is 53.9 Å². The number of nitrogens with zero attached hydrogens (tertiary/aromatic N) is 3. The number of aryl methyl sites for hydroxylation is 1. The molecule has 1 aliphatic rings. The molecule has 4 rings (SSSR count). The fraction of sp³-hybridized carbons (Fsp3) is 0.407. The number of aromatic nitrogens is 2. The quantitative estimate of drug-likeness (QED) is 0.420. The summed E-state index contributed by atoms with van der Waals surface area (Å²) in [5, 5.41) is -0.136. The number of hydrogen-bond donors (Lipinski definition) is 0. The predicted octanol–water partition coefficient (Wildman–Crippen LogP) is 4.53. The molecule has 1 atom stereocenters. The SMILES string of the molecule is Cc1ccccc1C(=O)N(Cc1cnc(S(=O)(=O)Cc2ccccc2F)n1CC1CCCO1)C(C)C. The average Bonchev–Trinajstić information content (AvgIpc) is 3.49. The molecule has 2 aromatic carbocycles. The lowest BCUT2D eigenvalue weighted by atomic mass is 10.1. The average molecular weight is 514 g/mol. The fourth-order valence-corrected chi connectivity index (χ4v) is 5.98. The molecule has 1 amide bonds. The van der Waals surface area contributed by atoms with Crippen molar-refractivity contribution in [3.63, 3.8) is 0 Å². The van der Waals surface area contributed by atoms with Gasteiger partial charge in [-0.25, -0.2) is 17.8 Å². The van der Waals surface area contributed by atoms with Crippen molar-refractivity contribution in [2.75, 3.05) is 6.61 Å². The minimum absolute atomic E-state index is 0.0873. The molecule has 36 heavy (non-hydrogen) atoms. The Labute approximate surface area is 211 Å². The zero-order chi connectivity index (χ0) is 25.9. The van der Waals surface area contributed by atoms with Crippen LogP contribution in [0.25, 0.3) is 0 Å². The summed E-state index contributed by atoms with van der Waals surface area (Å²) in [7, 11) is -3.97. The molecule has 1 saturated heterocycles. The van der Waals surface area contributed by atoms with Gasteiger partial charge in [-0.15, -0.1) is 0 Å². The van der Waals surface area contributed by atoms with Crippen molar-refractivity contribution in [2.24, 2.45) is 0 Å². The van der Waals surface area contributed by atoms with E-state index in [4.69, 9.17) is 4.74 Å². The van der Waals surface area contributed by atoms with Crippen LogP contribution in [0.2, 0.25) is 0 Å². The molecule has 9 heteroatoms. The highest BCUT2D eigenvalue weighted by atomic mass is 32.2. The largest absolute Gasteiger partial charge is 0.376 e. The number of carbonyl (C=O) groups excluding carboxylic acids is 1. The third-order valence-electron chi connectivity index (χ3n) is 6.49. The van der Waals surface area contributed by atoms with Gasteiger partial charge in [0.2, 0.25) is 15.0 Å². The van der Waals surface area contributed by atoms with E-state index in [9.17, 15) is 17.6 Å². The Bertz CT molecular complexity index is 1330. The number of rotatable bonds is 9. The van der Waals surface area contributed by atoms with Crippen LogP contribution in [0.4, 0.5) is 4.39 Å². The molecule has 3 aromatic rings. The molecule has 0 spiro atoms. The van der Waals surface area contributed by atoms with Crippen molar-refractivity contribution >= 4 is 15.7 Å². The van der Waals surface area contributed by atoms with Crippen LogP contribution >= 0.6 is 0 Å². The standard InChI is InChI=1S/C27H32FN3O4S/c1-19(2)30(26(32)24-12-6-4-9-20(24)3)16-22-15-29-27(31(22)17-23-11-8-14-35-23)36(33,34)18-21-10-5-7-13-25(21)28/h4-7,9-10,12-13,15,19,23H,8,11,14,16-18H2,1-3H3. The molecule has 192 valence electrons. The minimum atomic E-state index is -3.97. The molecule has 0 aliphatic carbocycles. The summed E-state index contributed by atoms with van der Waals surface area (Å²) in [6.45, 7) is 6.84. The van der Waals surface area contributed by atoms with Crippen molar-refractivity contribution in [3.05, 3.63) is 82.9 Å². The van der Waals surface area contributed by atoms with Crippen molar-refractivity contribution in [1.29, 1.82) is 0 Å². The predicted molar refractivity (Wildman–Crippen MR) is 135 cm³/mol. The Hall–Kier alpha value is -3.04. The molecule has 0 radical (unpaired) electrons. The van der Waals surface area contributed by atoms with E-state index < -0.39 is 21.4 Å². The first-order valence-electron chi connectivity index (χ1n) is 12.2. The van der Waals surface area contributed by atoms with Crippen molar-refractivity contribution in [1.82, 2.24) is 14.5 Å². The van der Waals surface area contributed by atoms with Gasteiger partial charge >= 0.3 is 0 Å². The third kappa shape index (κ3) is 5.68. The van der Waals surface area contributed by atoms with Crippen LogP contribution in [0.15, 0.2) is 59.9 Å². The highest BCUT2D eigenvalue weighted by Gasteiger charge is 2.30. The molecule has 1 unspecified atom stereocenters. The van der Waals surface area contributed by atoms with Gasteiger partial charge in [0.1, 0.15) is 5.82 Å². The van der Waals surface area contributed by atoms with E-state index in [1.165, 1.54) is 24.4 Å². The Morgan fingerprint density at radius 2 is 1.92 bits per heavy atom. The van der Waals surface area contributed by atoms with Crippen LogP contribution in [0.5, 0.6) is 0 Å². The van der Waals surface area contributed by atoms with Crippen molar-refractivity contribution in [2.45, 2.75) is 69.8 Å². The summed E-state index contributed by atoms with van der Waals surface area (Å²) in [4.78, 5) is 19.4. The molecule has 0 bridgehead atoms. The molecule has 2 heterocycles. The number of amides is 1. The summed E-state index contributed by atoms with van der Waals surface area (Å²) in [5.74, 6) is -1.21. The van der Waals surface area contributed by atoms with E-state index in [2.05, 4.69) is 4.98 Å². The lowest BCUT2D eigenvalue weighted by molar-refractivity contribution is 0.0677. The lowest BCUT2D eigenvalue weighted by Gasteiger charge is -2.28. The van der Waals surface area contributed by atoms with Crippen molar-refractivity contribution in [3.8, 4) is 0 Å². The Kier molecular flexibility index (Phi) is 7.90. The third-order valence-corrected chi connectivity index (χ3v) is 8.06. The van der Waals surface area contributed by atoms with Crippen LogP contribution < -0.4 is 0 Å². The van der Waals surface area contributed by atoms with Crippen LogP contribution in [-0.2, 0) is 33.4 Å². The first-order valence-corrected chi connectivity index (χ1v) is 13.8. The fourth-order valence-electron chi connectivity index (χ4n) is 4.47. The molecular formula is C27H32FN3O4S. The summed E-state index contributed by atoms with van der Waals surface area (Å²) in [6, 6.07) is 13.1. The van der Waals surface area contributed by atoms with Crippen molar-refractivity contribution < 1.29 is 22.3 Å². The Morgan fingerprint density at radius 3 is 2.58 bits per heavy atom. The normalized spacial score (nSPS) is 16.0. The number of halogens is 1. The second kappa shape index (κ2) is 10.9. The number of carbonyl (C=O) groups is 1. The zero-order valence-electron chi connectivity index (χ0n) is 20.9. The van der Waals surface area contributed by atoms with Gasteiger partial charge in [0.15, 0.2) is 0 Å². The first-order chi connectivity index (χ1) is 17.2. The number of benzene rings is 2. The smallest absolute Gasteiger partial charge is 0.254 e. The first kappa shape index (κ1) is 26.0. The molecule has 1 aliphatic heterocycles. The Balaban J connectivity index is 1.70. The molecule has 0 saturated carbocycles. The highest BCUT2D eigenvalue weighted by molar-refractivity contribution is 7.90. The second-order valence-corrected chi connectivity index (χ2v) is 11.4. The maximum Gasteiger partial charge on any atom is 0.254 e. The van der Waals surface area contributed by atoms with Crippen LogP contribution in [-0.4, -0.2) is 47.5 Å². The van der Waals surface area contributed by atoms with E-state index in [0.29, 0.717) is 24.4 Å². The Morgan fingerprint density at radius 1 is 1.19 bits per heavy atom. The monoisotopic (exact) mass is 513 g/mol. The van der Waals surface area contributed by atoms with E-state index in [1.807, 2.05) is 39.0 Å². The van der Waals surface area contributed by atoms with Gasteiger partial charge in [-0.3, -0.25) is 4.79 Å². The number of sulfone groups is 1. The van der Waals surface area contributed by atoms with E-state index in [-0.39, 0.29) is 35.3 Å². The van der Waals surface area contributed by atoms with Gasteiger partial charge in [-0.1, -0.05) is 36.4 Å². The number of imidazole rings is 1. The molecule has 1 fully saturated rings. The maximum atomic E-state index is 14.3. The second-order valence-electron chi connectivity index (χ2n) is 9.47. The molecule has 7 nitrogen and oxygen atoms in total. The summed E-state index contributed by atoms with van der Waals surface area (Å²) in [5.41, 5.74) is 2.15. The topological polar surface area (TPSA) is 81.5 Å². The van der Waals surface area contributed by atoms with Gasteiger partial charge in [0.05, 0.1) is 36.8 Å². The van der Waals surface area contributed by atoms with Gasteiger partial charge in [0, 0.05) is 23.8 Å². The summed E-state index contributed by atoms with van der Waals surface area (Å²) < 4.78 is 48.5. The highest BCUT2D eigenvalue weighted by Crippen LogP contribution is 2.24. The van der Waals surface area contributed by atoms with Gasteiger partial charge < -0.3 is 14.2 Å². The molecule has 1 aromatic heterocycles. The van der Waals surface area contributed by atoms with Gasteiger partial charge in [-0.2, -0.15) is 0 Å². The van der Waals surface area contributed by atoms with Crippen LogP contribution in [0.3, 0.4) is 0 Å². The summed E-state index contributed by atoms with van der Waals surface area (Å²) >= 11 is 0. The van der Waals surface area contributed by atoms with E-state index >= 15 is 0 Å². The summed E-state index contributed by atoms with van der Waals surface area (Å²) in [6.07, 6.45) is 3.06. The molecule has 0 N–H and O–H groups in total. The van der Waals surface area contributed by atoms with Gasteiger partial charge in [-0.05, 0) is 51.3 Å². The number of hydrogen-bond acceptors (Lipinski definition) is 5. The molecular weight excluding hydrogens is 481 g/mol. The van der Waals surface area contributed by atoms with Gasteiger partial charge in [0.25, 0.3) is 5.91 Å². The zero-order valence-corrected chi connectivity index (χ0v) is 21.7. The van der Waals surface area contributed by atoms with E-state index in [0.717, 1.165) is 18.4 Å². The number of ether oxygens (including phenoxy) is 1. The van der Waals surface area contributed by atoms with Crippen LogP contribution in [0, 0.1) is 12.7 Å². The minimum Gasteiger partial charge on any atom is -0.376 e.